The van der Waals surface area contributed by atoms with Crippen LogP contribution in [0.25, 0.3) is 0 Å². The van der Waals surface area contributed by atoms with Crippen LogP contribution in [0, 0.1) is 0 Å². The molecule has 1 aliphatic carbocycles. The van der Waals surface area contributed by atoms with Gasteiger partial charge >= 0.3 is 11.9 Å². The van der Waals surface area contributed by atoms with E-state index in [2.05, 4.69) is 21.2 Å². The average molecular weight is 549 g/mol. The van der Waals surface area contributed by atoms with Gasteiger partial charge in [0.1, 0.15) is 11.5 Å². The minimum Gasteiger partial charge on any atom is -0.462 e. The Labute approximate surface area is 207 Å². The molecule has 11 heteroatoms. The number of amides is 2. The molecule has 2 aromatic rings. The van der Waals surface area contributed by atoms with Gasteiger partial charge in [-0.25, -0.2) is 4.79 Å². The third kappa shape index (κ3) is 4.76. The quantitative estimate of drug-likeness (QED) is 0.416. The molecule has 0 radical (unpaired) electrons. The smallest absolute Gasteiger partial charge is 0.341 e. The van der Waals surface area contributed by atoms with Crippen LogP contribution in [0.3, 0.4) is 0 Å². The summed E-state index contributed by atoms with van der Waals surface area (Å²) in [5.41, 5.74) is 1.77. The Morgan fingerprint density at radius 3 is 2.68 bits per heavy atom. The van der Waals surface area contributed by atoms with E-state index in [9.17, 15) is 24.0 Å². The van der Waals surface area contributed by atoms with Gasteiger partial charge in [0.2, 0.25) is 0 Å². The van der Waals surface area contributed by atoms with Crippen molar-refractivity contribution in [2.24, 2.45) is 0 Å². The maximum atomic E-state index is 12.5. The summed E-state index contributed by atoms with van der Waals surface area (Å²) in [5.74, 6) is -3.50. The number of hydrogen-bond donors (Lipinski definition) is 1. The van der Waals surface area contributed by atoms with Gasteiger partial charge in [0.15, 0.2) is 6.61 Å². The largest absolute Gasteiger partial charge is 0.462 e. The number of nitrogens with zero attached hydrogens (tertiary/aromatic N) is 1. The second kappa shape index (κ2) is 10.1. The molecule has 0 atom stereocenters. The van der Waals surface area contributed by atoms with E-state index in [1.54, 1.807) is 19.1 Å². The van der Waals surface area contributed by atoms with Crippen LogP contribution in [0.1, 0.15) is 50.9 Å². The molecule has 2 amide bonds. The van der Waals surface area contributed by atoms with Gasteiger partial charge in [-0.2, -0.15) is 0 Å². The molecule has 2 heterocycles. The SMILES string of the molecule is CCOC(=O)c1c(NC(=O)COC(=O)CN2C(=O)C(=O)c3cc(Br)ccc32)sc2c1CCCC2. The second-order valence-corrected chi connectivity index (χ2v) is 9.75. The number of halogens is 1. The number of ketones is 1. The summed E-state index contributed by atoms with van der Waals surface area (Å²) < 4.78 is 10.8. The van der Waals surface area contributed by atoms with Crippen LogP contribution in [0.5, 0.6) is 0 Å². The van der Waals surface area contributed by atoms with Crippen molar-refractivity contribution < 1.29 is 33.4 Å². The molecule has 0 bridgehead atoms. The van der Waals surface area contributed by atoms with E-state index in [1.807, 2.05) is 0 Å². The Hall–Kier alpha value is -3.05. The number of esters is 2. The lowest BCUT2D eigenvalue weighted by atomic mass is 9.95. The van der Waals surface area contributed by atoms with Crippen molar-refractivity contribution in [3.05, 3.63) is 44.2 Å². The summed E-state index contributed by atoms with van der Waals surface area (Å²) in [6.45, 7) is 0.817. The van der Waals surface area contributed by atoms with Crippen LogP contribution in [0.2, 0.25) is 0 Å². The van der Waals surface area contributed by atoms with Crippen LogP contribution >= 0.6 is 27.3 Å². The molecule has 0 spiro atoms. The fourth-order valence-electron chi connectivity index (χ4n) is 3.99. The van der Waals surface area contributed by atoms with Gasteiger partial charge in [-0.15, -0.1) is 11.3 Å². The van der Waals surface area contributed by atoms with Gasteiger partial charge in [-0.1, -0.05) is 15.9 Å². The zero-order valence-electron chi connectivity index (χ0n) is 18.3. The predicted octanol–water partition coefficient (Wildman–Crippen LogP) is 3.28. The number of carbonyl (C=O) groups is 5. The Morgan fingerprint density at radius 1 is 1.15 bits per heavy atom. The first-order valence-corrected chi connectivity index (χ1v) is 12.3. The standard InChI is InChI=1S/C23H21BrN2O7S/c1-2-32-23(31)19-13-5-3-4-6-16(13)34-21(19)25-17(27)11-33-18(28)10-26-15-8-7-12(24)9-14(15)20(29)22(26)30/h7-9H,2-6,10-11H2,1H3,(H,25,27). The third-order valence-corrected chi connectivity index (χ3v) is 7.19. The number of Topliss-reactive ketones (excluding diaryl/α,β-unsaturated/α-hetero) is 1. The molecule has 1 N–H and O–H groups in total. The maximum Gasteiger partial charge on any atom is 0.341 e. The fraction of sp³-hybridized carbons (Fsp3) is 0.348. The number of carbonyl (C=O) groups excluding carboxylic acids is 5. The third-order valence-electron chi connectivity index (χ3n) is 5.49. The number of benzene rings is 1. The number of aryl methyl sites for hydroxylation is 1. The molecule has 2 aliphatic rings. The van der Waals surface area contributed by atoms with Crippen molar-refractivity contribution in [2.45, 2.75) is 32.6 Å². The van der Waals surface area contributed by atoms with Crippen LogP contribution in [-0.2, 0) is 36.7 Å². The summed E-state index contributed by atoms with van der Waals surface area (Å²) >= 11 is 4.58. The van der Waals surface area contributed by atoms with E-state index in [-0.39, 0.29) is 12.2 Å². The number of thiophene rings is 1. The highest BCUT2D eigenvalue weighted by Crippen LogP contribution is 2.38. The molecule has 9 nitrogen and oxygen atoms in total. The Bertz CT molecular complexity index is 1210. The molecular weight excluding hydrogens is 528 g/mol. The molecule has 0 fully saturated rings. The Morgan fingerprint density at radius 2 is 1.91 bits per heavy atom. The van der Waals surface area contributed by atoms with Crippen LogP contribution in [0.15, 0.2) is 22.7 Å². The highest BCUT2D eigenvalue weighted by molar-refractivity contribution is 9.10. The summed E-state index contributed by atoms with van der Waals surface area (Å²) in [4.78, 5) is 63.8. The topological polar surface area (TPSA) is 119 Å². The van der Waals surface area contributed by atoms with Crippen molar-refractivity contribution >= 4 is 67.5 Å². The van der Waals surface area contributed by atoms with E-state index >= 15 is 0 Å². The minimum absolute atomic E-state index is 0.193. The maximum absolute atomic E-state index is 12.5. The monoisotopic (exact) mass is 548 g/mol. The van der Waals surface area contributed by atoms with Gasteiger partial charge in [0, 0.05) is 9.35 Å². The first-order valence-electron chi connectivity index (χ1n) is 10.7. The van der Waals surface area contributed by atoms with Gasteiger partial charge in [-0.05, 0) is 56.4 Å². The number of nitrogens with one attached hydrogen (secondary N) is 1. The van der Waals surface area contributed by atoms with Gasteiger partial charge < -0.3 is 14.8 Å². The van der Waals surface area contributed by atoms with Crippen LogP contribution in [-0.4, -0.2) is 49.3 Å². The molecule has 178 valence electrons. The molecule has 1 aromatic heterocycles. The first kappa shape index (κ1) is 24.1. The van der Waals surface area contributed by atoms with Crippen LogP contribution < -0.4 is 10.2 Å². The molecule has 1 aromatic carbocycles. The van der Waals surface area contributed by atoms with E-state index in [4.69, 9.17) is 9.47 Å². The molecule has 0 unspecified atom stereocenters. The normalized spacial score (nSPS) is 14.5. The first-order chi connectivity index (χ1) is 16.3. The zero-order chi connectivity index (χ0) is 24.4. The van der Waals surface area contributed by atoms with Crippen molar-refractivity contribution in [2.75, 3.05) is 30.0 Å². The lowest BCUT2D eigenvalue weighted by Gasteiger charge is -2.15. The number of anilines is 2. The van der Waals surface area contributed by atoms with Gasteiger partial charge in [0.05, 0.1) is 23.4 Å². The molecule has 4 rings (SSSR count). The molecule has 0 saturated carbocycles. The minimum atomic E-state index is -0.844. The summed E-state index contributed by atoms with van der Waals surface area (Å²) in [5, 5.41) is 3.04. The highest BCUT2D eigenvalue weighted by atomic mass is 79.9. The van der Waals surface area contributed by atoms with Crippen LogP contribution in [0.4, 0.5) is 10.7 Å². The molecule has 34 heavy (non-hydrogen) atoms. The van der Waals surface area contributed by atoms with Crippen molar-refractivity contribution in [1.29, 1.82) is 0 Å². The van der Waals surface area contributed by atoms with Gasteiger partial charge in [0.25, 0.3) is 17.6 Å². The van der Waals surface area contributed by atoms with E-state index < -0.39 is 42.7 Å². The number of fused-ring (bicyclic) bond motifs is 2. The zero-order valence-corrected chi connectivity index (χ0v) is 20.7. The summed E-state index contributed by atoms with van der Waals surface area (Å²) in [7, 11) is 0. The van der Waals surface area contributed by atoms with Crippen molar-refractivity contribution in [3.8, 4) is 0 Å². The predicted molar refractivity (Wildman–Crippen MR) is 127 cm³/mol. The molecular formula is C23H21BrN2O7S. The number of ether oxygens (including phenoxy) is 2. The van der Waals surface area contributed by atoms with Gasteiger partial charge in [-0.3, -0.25) is 24.1 Å². The lowest BCUT2D eigenvalue weighted by Crippen LogP contribution is -2.36. The molecule has 0 saturated heterocycles. The van der Waals surface area contributed by atoms with Crippen molar-refractivity contribution in [3.63, 3.8) is 0 Å². The van der Waals surface area contributed by atoms with E-state index in [0.29, 0.717) is 20.7 Å². The molecule has 1 aliphatic heterocycles. The average Bonchev–Trinajstić information content (AvgIpc) is 3.28. The number of rotatable bonds is 7. The number of hydrogen-bond acceptors (Lipinski definition) is 8. The second-order valence-electron chi connectivity index (χ2n) is 7.73. The van der Waals surface area contributed by atoms with E-state index in [0.717, 1.165) is 41.0 Å². The van der Waals surface area contributed by atoms with Crippen molar-refractivity contribution in [1.82, 2.24) is 0 Å². The lowest BCUT2D eigenvalue weighted by molar-refractivity contribution is -0.146. The highest BCUT2D eigenvalue weighted by Gasteiger charge is 2.37. The fourth-order valence-corrected chi connectivity index (χ4v) is 5.64. The Kier molecular flexibility index (Phi) is 7.13. The summed E-state index contributed by atoms with van der Waals surface area (Å²) in [6.07, 6.45) is 3.54. The summed E-state index contributed by atoms with van der Waals surface area (Å²) in [6, 6.07) is 4.71. The Balaban J connectivity index is 1.39. The van der Waals surface area contributed by atoms with E-state index in [1.165, 1.54) is 17.4 Å².